The van der Waals surface area contributed by atoms with Crippen LogP contribution in [0.25, 0.3) is 10.2 Å². The summed E-state index contributed by atoms with van der Waals surface area (Å²) in [5.74, 6) is 0.454. The number of carbonyl (C=O) groups is 1. The largest absolute Gasteiger partial charge is 0.330 e. The number of nitrogens with zero attached hydrogens (tertiary/aromatic N) is 4. The first-order chi connectivity index (χ1) is 11.5. The fourth-order valence-electron chi connectivity index (χ4n) is 2.55. The van der Waals surface area contributed by atoms with Gasteiger partial charge in [0.05, 0.1) is 10.2 Å². The zero-order valence-corrected chi connectivity index (χ0v) is 14.9. The molecule has 0 saturated heterocycles. The second-order valence-electron chi connectivity index (χ2n) is 5.94. The first kappa shape index (κ1) is 16.4. The quantitative estimate of drug-likeness (QED) is 0.683. The van der Waals surface area contributed by atoms with Crippen LogP contribution in [0.3, 0.4) is 0 Å². The second kappa shape index (κ2) is 6.57. The van der Waals surface area contributed by atoms with Gasteiger partial charge in [0.15, 0.2) is 4.80 Å². The minimum atomic E-state index is -0.337. The molecule has 0 radical (unpaired) electrons. The van der Waals surface area contributed by atoms with Crippen molar-refractivity contribution in [1.82, 2.24) is 14.1 Å². The molecule has 0 fully saturated rings. The van der Waals surface area contributed by atoms with Crippen LogP contribution < -0.4 is 4.80 Å². The first-order valence-corrected chi connectivity index (χ1v) is 8.63. The SMILES string of the molecule is C=CCn1c(=NC(=O)c2nccn2C)sc2cc(C(C)C)ccc21. The van der Waals surface area contributed by atoms with Gasteiger partial charge in [-0.25, -0.2) is 4.98 Å². The van der Waals surface area contributed by atoms with Gasteiger partial charge in [0.2, 0.25) is 5.82 Å². The predicted molar refractivity (Wildman–Crippen MR) is 97.2 cm³/mol. The molecule has 0 aliphatic heterocycles. The number of fused-ring (bicyclic) bond motifs is 1. The number of aryl methyl sites for hydroxylation is 1. The number of carbonyl (C=O) groups excluding carboxylic acids is 1. The van der Waals surface area contributed by atoms with Crippen molar-refractivity contribution < 1.29 is 4.79 Å². The molecular formula is C18H20N4OS. The summed E-state index contributed by atoms with van der Waals surface area (Å²) in [6.45, 7) is 8.76. The van der Waals surface area contributed by atoms with Crippen LogP contribution in [0.15, 0.2) is 48.2 Å². The predicted octanol–water partition coefficient (Wildman–Crippen LogP) is 3.49. The second-order valence-corrected chi connectivity index (χ2v) is 6.95. The summed E-state index contributed by atoms with van der Waals surface area (Å²) in [4.78, 5) is 21.5. The third kappa shape index (κ3) is 2.97. The monoisotopic (exact) mass is 340 g/mol. The van der Waals surface area contributed by atoms with Crippen molar-refractivity contribution in [2.75, 3.05) is 0 Å². The minimum absolute atomic E-state index is 0.334. The molecule has 0 N–H and O–H groups in total. The number of thiazole rings is 1. The Morgan fingerprint density at radius 3 is 2.88 bits per heavy atom. The average Bonchev–Trinajstić information content (AvgIpc) is 3.11. The van der Waals surface area contributed by atoms with E-state index in [9.17, 15) is 4.79 Å². The van der Waals surface area contributed by atoms with Crippen molar-refractivity contribution in [3.63, 3.8) is 0 Å². The van der Waals surface area contributed by atoms with Crippen LogP contribution in [-0.4, -0.2) is 20.0 Å². The Labute approximate surface area is 144 Å². The number of amides is 1. The number of benzene rings is 1. The van der Waals surface area contributed by atoms with Crippen molar-refractivity contribution in [2.45, 2.75) is 26.3 Å². The van der Waals surface area contributed by atoms with E-state index < -0.39 is 0 Å². The Bertz CT molecular complexity index is 974. The highest BCUT2D eigenvalue weighted by molar-refractivity contribution is 7.16. The fourth-order valence-corrected chi connectivity index (χ4v) is 3.63. The Morgan fingerprint density at radius 1 is 1.46 bits per heavy atom. The lowest BCUT2D eigenvalue weighted by atomic mass is 10.0. The van der Waals surface area contributed by atoms with E-state index in [1.54, 1.807) is 24.0 Å². The zero-order chi connectivity index (χ0) is 17.3. The van der Waals surface area contributed by atoms with Gasteiger partial charge in [0.25, 0.3) is 0 Å². The van der Waals surface area contributed by atoms with Gasteiger partial charge in [-0.3, -0.25) is 4.79 Å². The van der Waals surface area contributed by atoms with Crippen molar-refractivity contribution >= 4 is 27.5 Å². The lowest BCUT2D eigenvalue weighted by Crippen LogP contribution is -2.17. The van der Waals surface area contributed by atoms with Gasteiger partial charge in [0.1, 0.15) is 0 Å². The van der Waals surface area contributed by atoms with Crippen molar-refractivity contribution in [3.8, 4) is 0 Å². The number of hydrogen-bond acceptors (Lipinski definition) is 3. The number of imidazole rings is 1. The molecule has 3 rings (SSSR count). The maximum absolute atomic E-state index is 12.4. The molecule has 0 saturated carbocycles. The van der Waals surface area contributed by atoms with Crippen molar-refractivity contribution in [1.29, 1.82) is 0 Å². The summed E-state index contributed by atoms with van der Waals surface area (Å²) < 4.78 is 4.81. The summed E-state index contributed by atoms with van der Waals surface area (Å²) >= 11 is 1.52. The van der Waals surface area contributed by atoms with Gasteiger partial charge in [-0.15, -0.1) is 6.58 Å². The molecule has 0 bridgehead atoms. The van der Waals surface area contributed by atoms with Crippen LogP contribution >= 0.6 is 11.3 Å². The summed E-state index contributed by atoms with van der Waals surface area (Å²) in [5, 5.41) is 0. The maximum atomic E-state index is 12.4. The Balaban J connectivity index is 2.17. The average molecular weight is 340 g/mol. The third-order valence-corrected chi connectivity index (χ3v) is 4.94. The molecule has 1 amide bonds. The highest BCUT2D eigenvalue weighted by Crippen LogP contribution is 2.23. The molecule has 0 aliphatic rings. The maximum Gasteiger partial charge on any atom is 0.315 e. The fraction of sp³-hybridized carbons (Fsp3) is 0.278. The van der Waals surface area contributed by atoms with Gasteiger partial charge in [-0.1, -0.05) is 37.3 Å². The third-order valence-electron chi connectivity index (χ3n) is 3.89. The lowest BCUT2D eigenvalue weighted by molar-refractivity contribution is 0.0985. The van der Waals surface area contributed by atoms with E-state index in [1.165, 1.54) is 16.9 Å². The van der Waals surface area contributed by atoms with Gasteiger partial charge in [0, 0.05) is 26.0 Å². The van der Waals surface area contributed by atoms with E-state index in [0.717, 1.165) is 10.2 Å². The van der Waals surface area contributed by atoms with E-state index in [0.29, 0.717) is 23.1 Å². The van der Waals surface area contributed by atoms with Crippen molar-refractivity contribution in [3.05, 3.63) is 59.4 Å². The summed E-state index contributed by atoms with van der Waals surface area (Å²) in [6, 6.07) is 6.40. The molecule has 2 aromatic heterocycles. The normalized spacial score (nSPS) is 12.2. The van der Waals surface area contributed by atoms with Gasteiger partial charge in [-0.2, -0.15) is 4.99 Å². The number of aromatic nitrogens is 3. The highest BCUT2D eigenvalue weighted by Gasteiger charge is 2.12. The number of rotatable bonds is 4. The molecule has 124 valence electrons. The van der Waals surface area contributed by atoms with E-state index in [2.05, 4.69) is 48.6 Å². The molecule has 1 aromatic carbocycles. The van der Waals surface area contributed by atoms with Gasteiger partial charge in [-0.05, 0) is 23.6 Å². The van der Waals surface area contributed by atoms with E-state index in [-0.39, 0.29) is 5.91 Å². The topological polar surface area (TPSA) is 52.2 Å². The Kier molecular flexibility index (Phi) is 4.49. The smallest absolute Gasteiger partial charge is 0.315 e. The molecule has 0 atom stereocenters. The van der Waals surface area contributed by atoms with E-state index >= 15 is 0 Å². The van der Waals surface area contributed by atoms with Gasteiger partial charge >= 0.3 is 5.91 Å². The van der Waals surface area contributed by atoms with Crippen molar-refractivity contribution in [2.24, 2.45) is 12.0 Å². The molecule has 5 nitrogen and oxygen atoms in total. The molecule has 24 heavy (non-hydrogen) atoms. The zero-order valence-electron chi connectivity index (χ0n) is 14.1. The van der Waals surface area contributed by atoms with Gasteiger partial charge < -0.3 is 9.13 Å². The lowest BCUT2D eigenvalue weighted by Gasteiger charge is -2.05. The molecule has 0 unspecified atom stereocenters. The summed E-state index contributed by atoms with van der Waals surface area (Å²) in [6.07, 6.45) is 5.15. The molecule has 0 spiro atoms. The van der Waals surface area contributed by atoms with E-state index in [4.69, 9.17) is 0 Å². The first-order valence-electron chi connectivity index (χ1n) is 7.82. The highest BCUT2D eigenvalue weighted by atomic mass is 32.1. The molecule has 6 heteroatoms. The number of allylic oxidation sites excluding steroid dienone is 1. The van der Waals surface area contributed by atoms with Crippen LogP contribution in [0, 0.1) is 0 Å². The Morgan fingerprint density at radius 2 is 2.25 bits per heavy atom. The summed E-state index contributed by atoms with van der Waals surface area (Å²) in [5.41, 5.74) is 2.34. The van der Waals surface area contributed by atoms with Crippen LogP contribution in [-0.2, 0) is 13.6 Å². The minimum Gasteiger partial charge on any atom is -0.330 e. The molecular weight excluding hydrogens is 320 g/mol. The van der Waals surface area contributed by atoms with Crippen LogP contribution in [0.2, 0.25) is 0 Å². The summed E-state index contributed by atoms with van der Waals surface area (Å²) in [7, 11) is 1.79. The standard InChI is InChI=1S/C18H20N4OS/c1-5-9-22-14-7-6-13(12(2)3)11-15(14)24-18(22)20-17(23)16-19-8-10-21(16)4/h5-8,10-12H,1,9H2,2-4H3. The van der Waals surface area contributed by atoms with E-state index in [1.807, 2.05) is 10.6 Å². The number of hydrogen-bond donors (Lipinski definition) is 0. The molecule has 0 aliphatic carbocycles. The molecule has 2 heterocycles. The van der Waals surface area contributed by atoms with Crippen LogP contribution in [0.1, 0.15) is 35.9 Å². The van der Waals surface area contributed by atoms with Crippen LogP contribution in [0.4, 0.5) is 0 Å². The Hall–Kier alpha value is -2.47. The molecule has 3 aromatic rings. The van der Waals surface area contributed by atoms with Crippen LogP contribution in [0.5, 0.6) is 0 Å².